The van der Waals surface area contributed by atoms with Crippen LogP contribution in [-0.4, -0.2) is 12.5 Å². The van der Waals surface area contributed by atoms with Crippen LogP contribution < -0.4 is 10.6 Å². The maximum Gasteiger partial charge on any atom is 0.243 e. The standard InChI is InChI=1S/C19H24N2O/c1-13(2)16-6-9-17(10-7-16)21-19(22)12-20-18-8-5-14(3)15(4)11-18/h5-11,13,20H,12H2,1-4H3,(H,21,22). The molecule has 0 saturated carbocycles. The summed E-state index contributed by atoms with van der Waals surface area (Å²) in [5.41, 5.74) is 5.53. The highest BCUT2D eigenvalue weighted by molar-refractivity contribution is 5.93. The Bertz CT molecular complexity index is 645. The molecule has 0 aromatic heterocycles. The molecule has 0 heterocycles. The zero-order valence-electron chi connectivity index (χ0n) is 13.7. The molecule has 0 fully saturated rings. The predicted molar refractivity (Wildman–Crippen MR) is 93.6 cm³/mol. The molecule has 3 nitrogen and oxygen atoms in total. The fourth-order valence-corrected chi connectivity index (χ4v) is 2.19. The molecule has 2 aromatic rings. The number of hydrogen-bond donors (Lipinski definition) is 2. The minimum absolute atomic E-state index is 0.0458. The van der Waals surface area contributed by atoms with Gasteiger partial charge >= 0.3 is 0 Å². The lowest BCUT2D eigenvalue weighted by Crippen LogP contribution is -2.21. The van der Waals surface area contributed by atoms with E-state index in [9.17, 15) is 4.79 Å². The number of benzene rings is 2. The highest BCUT2D eigenvalue weighted by Crippen LogP contribution is 2.17. The monoisotopic (exact) mass is 296 g/mol. The number of amides is 1. The van der Waals surface area contributed by atoms with E-state index < -0.39 is 0 Å². The van der Waals surface area contributed by atoms with E-state index in [1.54, 1.807) is 0 Å². The Balaban J connectivity index is 1.88. The van der Waals surface area contributed by atoms with Gasteiger partial charge in [0, 0.05) is 11.4 Å². The second-order valence-electron chi connectivity index (χ2n) is 5.98. The van der Waals surface area contributed by atoms with Crippen molar-refractivity contribution in [2.75, 3.05) is 17.2 Å². The molecule has 0 radical (unpaired) electrons. The van der Waals surface area contributed by atoms with Gasteiger partial charge < -0.3 is 10.6 Å². The molecule has 0 spiro atoms. The van der Waals surface area contributed by atoms with Crippen molar-refractivity contribution >= 4 is 17.3 Å². The van der Waals surface area contributed by atoms with Crippen molar-refractivity contribution < 1.29 is 4.79 Å². The van der Waals surface area contributed by atoms with Gasteiger partial charge in [0.1, 0.15) is 0 Å². The molecule has 2 rings (SSSR count). The fourth-order valence-electron chi connectivity index (χ4n) is 2.19. The van der Waals surface area contributed by atoms with Crippen molar-refractivity contribution in [1.82, 2.24) is 0 Å². The van der Waals surface area contributed by atoms with Crippen LogP contribution >= 0.6 is 0 Å². The SMILES string of the molecule is Cc1ccc(NCC(=O)Nc2ccc(C(C)C)cc2)cc1C. The van der Waals surface area contributed by atoms with E-state index in [0.717, 1.165) is 11.4 Å². The maximum atomic E-state index is 12.0. The molecule has 22 heavy (non-hydrogen) atoms. The molecule has 0 aliphatic heterocycles. The third kappa shape index (κ3) is 4.35. The van der Waals surface area contributed by atoms with Crippen molar-refractivity contribution in [1.29, 1.82) is 0 Å². The molecular formula is C19H24N2O. The van der Waals surface area contributed by atoms with Crippen LogP contribution in [0.1, 0.15) is 36.5 Å². The van der Waals surface area contributed by atoms with E-state index in [1.807, 2.05) is 18.2 Å². The van der Waals surface area contributed by atoms with Crippen LogP contribution in [0.4, 0.5) is 11.4 Å². The van der Waals surface area contributed by atoms with Gasteiger partial charge in [-0.25, -0.2) is 0 Å². The highest BCUT2D eigenvalue weighted by Gasteiger charge is 2.04. The number of carbonyl (C=O) groups excluding carboxylic acids is 1. The minimum atomic E-state index is -0.0458. The van der Waals surface area contributed by atoms with Crippen molar-refractivity contribution in [3.8, 4) is 0 Å². The first-order valence-electron chi connectivity index (χ1n) is 7.66. The molecule has 1 amide bonds. The van der Waals surface area contributed by atoms with Gasteiger partial charge in [-0.2, -0.15) is 0 Å². The lowest BCUT2D eigenvalue weighted by molar-refractivity contribution is -0.114. The zero-order chi connectivity index (χ0) is 16.1. The van der Waals surface area contributed by atoms with E-state index in [-0.39, 0.29) is 12.5 Å². The van der Waals surface area contributed by atoms with Crippen molar-refractivity contribution in [2.24, 2.45) is 0 Å². The minimum Gasteiger partial charge on any atom is -0.376 e. The first-order valence-corrected chi connectivity index (χ1v) is 7.66. The van der Waals surface area contributed by atoms with Crippen molar-refractivity contribution in [2.45, 2.75) is 33.6 Å². The number of nitrogens with one attached hydrogen (secondary N) is 2. The van der Waals surface area contributed by atoms with Gasteiger partial charge in [-0.15, -0.1) is 0 Å². The summed E-state index contributed by atoms with van der Waals surface area (Å²) in [7, 11) is 0. The van der Waals surface area contributed by atoms with Crippen LogP contribution in [0.3, 0.4) is 0 Å². The average Bonchev–Trinajstić information content (AvgIpc) is 2.49. The Labute approximate surface area is 132 Å². The van der Waals surface area contributed by atoms with Gasteiger partial charge in [0.15, 0.2) is 0 Å². The first kappa shape index (κ1) is 16.1. The van der Waals surface area contributed by atoms with Crippen LogP contribution in [0, 0.1) is 13.8 Å². The summed E-state index contributed by atoms with van der Waals surface area (Å²) in [6, 6.07) is 14.1. The van der Waals surface area contributed by atoms with Crippen molar-refractivity contribution in [3.05, 3.63) is 59.2 Å². The molecule has 0 saturated heterocycles. The third-order valence-electron chi connectivity index (χ3n) is 3.82. The number of aryl methyl sites for hydroxylation is 2. The maximum absolute atomic E-state index is 12.0. The van der Waals surface area contributed by atoms with Gasteiger partial charge in [0.2, 0.25) is 5.91 Å². The Morgan fingerprint density at radius 2 is 1.59 bits per heavy atom. The molecule has 0 aliphatic carbocycles. The van der Waals surface area contributed by atoms with Crippen molar-refractivity contribution in [3.63, 3.8) is 0 Å². The summed E-state index contributed by atoms with van der Waals surface area (Å²) in [5.74, 6) is 0.451. The van der Waals surface area contributed by atoms with Gasteiger partial charge in [0.25, 0.3) is 0 Å². The van der Waals surface area contributed by atoms with Gasteiger partial charge in [-0.1, -0.05) is 32.0 Å². The molecule has 2 aromatic carbocycles. The average molecular weight is 296 g/mol. The Morgan fingerprint density at radius 3 is 2.18 bits per heavy atom. The topological polar surface area (TPSA) is 41.1 Å². The van der Waals surface area contributed by atoms with Crippen LogP contribution in [0.2, 0.25) is 0 Å². The molecule has 116 valence electrons. The van der Waals surface area contributed by atoms with Gasteiger partial charge in [-0.3, -0.25) is 4.79 Å². The van der Waals surface area contributed by atoms with Crippen LogP contribution in [0.25, 0.3) is 0 Å². The molecule has 3 heteroatoms. The van der Waals surface area contributed by atoms with Crippen LogP contribution in [0.15, 0.2) is 42.5 Å². The number of anilines is 2. The van der Waals surface area contributed by atoms with E-state index >= 15 is 0 Å². The van der Waals surface area contributed by atoms with Crippen LogP contribution in [0.5, 0.6) is 0 Å². The smallest absolute Gasteiger partial charge is 0.243 e. The van der Waals surface area contributed by atoms with Gasteiger partial charge in [0.05, 0.1) is 6.54 Å². The Kier molecular flexibility index (Phi) is 5.21. The third-order valence-corrected chi connectivity index (χ3v) is 3.82. The summed E-state index contributed by atoms with van der Waals surface area (Å²) >= 11 is 0. The van der Waals surface area contributed by atoms with E-state index in [4.69, 9.17) is 0 Å². The molecule has 0 atom stereocenters. The summed E-state index contributed by atoms with van der Waals surface area (Å²) in [6.07, 6.45) is 0. The summed E-state index contributed by atoms with van der Waals surface area (Å²) < 4.78 is 0. The molecule has 0 bridgehead atoms. The normalized spacial score (nSPS) is 10.6. The summed E-state index contributed by atoms with van der Waals surface area (Å²) in [4.78, 5) is 12.0. The number of rotatable bonds is 5. The second-order valence-corrected chi connectivity index (χ2v) is 5.98. The lowest BCUT2D eigenvalue weighted by Gasteiger charge is -2.10. The quantitative estimate of drug-likeness (QED) is 0.854. The predicted octanol–water partition coefficient (Wildman–Crippen LogP) is 4.48. The zero-order valence-corrected chi connectivity index (χ0v) is 13.7. The molecular weight excluding hydrogens is 272 g/mol. The lowest BCUT2D eigenvalue weighted by atomic mass is 10.0. The van der Waals surface area contributed by atoms with Crippen LogP contribution in [-0.2, 0) is 4.79 Å². The number of hydrogen-bond acceptors (Lipinski definition) is 2. The Hall–Kier alpha value is -2.29. The molecule has 2 N–H and O–H groups in total. The second kappa shape index (κ2) is 7.12. The largest absolute Gasteiger partial charge is 0.376 e. The Morgan fingerprint density at radius 1 is 0.955 bits per heavy atom. The molecule has 0 aliphatic rings. The fraction of sp³-hybridized carbons (Fsp3) is 0.316. The van der Waals surface area contributed by atoms with E-state index in [2.05, 4.69) is 62.6 Å². The highest BCUT2D eigenvalue weighted by atomic mass is 16.1. The van der Waals surface area contributed by atoms with E-state index in [0.29, 0.717) is 5.92 Å². The molecule has 0 unspecified atom stereocenters. The summed E-state index contributed by atoms with van der Waals surface area (Å²) in [5, 5.41) is 6.05. The van der Waals surface area contributed by atoms with Gasteiger partial charge in [-0.05, 0) is 60.7 Å². The summed E-state index contributed by atoms with van der Waals surface area (Å²) in [6.45, 7) is 8.71. The number of carbonyl (C=O) groups is 1. The first-order chi connectivity index (χ1) is 10.5. The van der Waals surface area contributed by atoms with E-state index in [1.165, 1.54) is 16.7 Å².